The van der Waals surface area contributed by atoms with Crippen molar-refractivity contribution in [3.8, 4) is 0 Å². The number of aliphatic hydroxyl groups is 1. The molecule has 7 nitrogen and oxygen atoms in total. The predicted molar refractivity (Wildman–Crippen MR) is 86.5 cm³/mol. The van der Waals surface area contributed by atoms with E-state index in [4.69, 9.17) is 11.6 Å². The first kappa shape index (κ1) is 16.7. The van der Waals surface area contributed by atoms with E-state index in [0.29, 0.717) is 17.1 Å². The maximum absolute atomic E-state index is 12.6. The standard InChI is InChI=1S/C16H18ClN3O4/c1-9(21)13-16(24)20-6-5-19(8-12(20)14(22)18-13)15(23)10-3-2-4-11(17)7-10/h2-4,7,9,12-13,21H,5-6,8H2,1H3,(H,18,22)/t9-,12-,13+/m1/s1. The first-order valence-electron chi connectivity index (χ1n) is 7.72. The second kappa shape index (κ2) is 6.41. The molecule has 0 radical (unpaired) electrons. The van der Waals surface area contributed by atoms with Gasteiger partial charge in [-0.1, -0.05) is 17.7 Å². The van der Waals surface area contributed by atoms with Crippen LogP contribution in [0.5, 0.6) is 0 Å². The molecule has 0 bridgehead atoms. The van der Waals surface area contributed by atoms with Crippen molar-refractivity contribution in [3.63, 3.8) is 0 Å². The number of piperazine rings is 2. The molecule has 24 heavy (non-hydrogen) atoms. The molecule has 2 fully saturated rings. The fourth-order valence-electron chi connectivity index (χ4n) is 3.08. The molecular weight excluding hydrogens is 334 g/mol. The van der Waals surface area contributed by atoms with Gasteiger partial charge in [-0.15, -0.1) is 0 Å². The summed E-state index contributed by atoms with van der Waals surface area (Å²) in [6.45, 7) is 2.16. The Morgan fingerprint density at radius 2 is 2.12 bits per heavy atom. The highest BCUT2D eigenvalue weighted by molar-refractivity contribution is 6.30. The number of fused-ring (bicyclic) bond motifs is 1. The summed E-state index contributed by atoms with van der Waals surface area (Å²) < 4.78 is 0. The first-order chi connectivity index (χ1) is 11.4. The second-order valence-corrected chi connectivity index (χ2v) is 6.47. The van der Waals surface area contributed by atoms with E-state index in [0.717, 1.165) is 0 Å². The van der Waals surface area contributed by atoms with Crippen molar-refractivity contribution in [2.75, 3.05) is 19.6 Å². The summed E-state index contributed by atoms with van der Waals surface area (Å²) in [5, 5.41) is 12.6. The van der Waals surface area contributed by atoms with Crippen molar-refractivity contribution in [1.82, 2.24) is 15.1 Å². The third kappa shape index (κ3) is 2.97. The summed E-state index contributed by atoms with van der Waals surface area (Å²) in [6, 6.07) is 4.95. The monoisotopic (exact) mass is 351 g/mol. The van der Waals surface area contributed by atoms with Crippen molar-refractivity contribution in [2.24, 2.45) is 0 Å². The molecule has 0 aromatic heterocycles. The molecule has 3 amide bonds. The van der Waals surface area contributed by atoms with Crippen LogP contribution >= 0.6 is 11.6 Å². The van der Waals surface area contributed by atoms with Crippen LogP contribution in [0.4, 0.5) is 0 Å². The van der Waals surface area contributed by atoms with Crippen LogP contribution in [0.15, 0.2) is 24.3 Å². The maximum Gasteiger partial charge on any atom is 0.254 e. The van der Waals surface area contributed by atoms with Gasteiger partial charge in [0.1, 0.15) is 12.1 Å². The Hall–Kier alpha value is -2.12. The van der Waals surface area contributed by atoms with E-state index in [1.54, 1.807) is 29.2 Å². The highest BCUT2D eigenvalue weighted by Gasteiger charge is 2.45. The van der Waals surface area contributed by atoms with E-state index in [1.807, 2.05) is 0 Å². The van der Waals surface area contributed by atoms with Gasteiger partial charge >= 0.3 is 0 Å². The number of nitrogens with one attached hydrogen (secondary N) is 1. The fourth-order valence-corrected chi connectivity index (χ4v) is 3.27. The van der Waals surface area contributed by atoms with Crippen LogP contribution < -0.4 is 5.32 Å². The van der Waals surface area contributed by atoms with Gasteiger partial charge in [0.05, 0.1) is 12.6 Å². The zero-order valence-corrected chi connectivity index (χ0v) is 13.9. The Bertz CT molecular complexity index is 694. The van der Waals surface area contributed by atoms with Gasteiger partial charge in [0, 0.05) is 23.7 Å². The highest BCUT2D eigenvalue weighted by Crippen LogP contribution is 2.20. The molecule has 3 atom stereocenters. The zero-order valence-electron chi connectivity index (χ0n) is 13.1. The van der Waals surface area contributed by atoms with E-state index in [1.165, 1.54) is 11.8 Å². The number of aliphatic hydroxyl groups excluding tert-OH is 1. The third-order valence-electron chi connectivity index (χ3n) is 4.37. The molecule has 2 N–H and O–H groups in total. The quantitative estimate of drug-likeness (QED) is 0.777. The summed E-state index contributed by atoms with van der Waals surface area (Å²) in [4.78, 5) is 40.2. The van der Waals surface area contributed by atoms with E-state index < -0.39 is 18.2 Å². The minimum absolute atomic E-state index is 0.120. The lowest BCUT2D eigenvalue weighted by Gasteiger charge is -2.45. The molecule has 2 aliphatic rings. The van der Waals surface area contributed by atoms with Gasteiger partial charge in [-0.2, -0.15) is 0 Å². The normalized spacial score (nSPS) is 25.1. The fraction of sp³-hybridized carbons (Fsp3) is 0.438. The van der Waals surface area contributed by atoms with Crippen LogP contribution in [0.25, 0.3) is 0 Å². The third-order valence-corrected chi connectivity index (χ3v) is 4.61. The predicted octanol–water partition coefficient (Wildman–Crippen LogP) is -0.128. The molecule has 128 valence electrons. The van der Waals surface area contributed by atoms with Gasteiger partial charge in [-0.05, 0) is 25.1 Å². The number of benzene rings is 1. The van der Waals surface area contributed by atoms with Crippen molar-refractivity contribution in [3.05, 3.63) is 34.9 Å². The summed E-state index contributed by atoms with van der Waals surface area (Å²) in [6.07, 6.45) is -0.964. The Balaban J connectivity index is 1.76. The molecule has 2 aliphatic heterocycles. The molecule has 0 unspecified atom stereocenters. The number of rotatable bonds is 2. The summed E-state index contributed by atoms with van der Waals surface area (Å²) >= 11 is 5.92. The number of nitrogens with zero attached hydrogens (tertiary/aromatic N) is 2. The van der Waals surface area contributed by atoms with Crippen molar-refractivity contribution in [2.45, 2.75) is 25.1 Å². The molecule has 2 heterocycles. The topological polar surface area (TPSA) is 89.9 Å². The van der Waals surface area contributed by atoms with E-state index in [9.17, 15) is 19.5 Å². The lowest BCUT2D eigenvalue weighted by atomic mass is 10.0. The van der Waals surface area contributed by atoms with Crippen LogP contribution in [0.1, 0.15) is 17.3 Å². The van der Waals surface area contributed by atoms with Gasteiger partial charge < -0.3 is 20.2 Å². The smallest absolute Gasteiger partial charge is 0.254 e. The lowest BCUT2D eigenvalue weighted by Crippen LogP contribution is -2.71. The number of carbonyl (C=O) groups is 3. The Kier molecular flexibility index (Phi) is 4.47. The van der Waals surface area contributed by atoms with Gasteiger partial charge in [-0.3, -0.25) is 14.4 Å². The SMILES string of the molecule is C[C@@H](O)[C@@H]1NC(=O)[C@H]2CN(C(=O)c3cccc(Cl)c3)CCN2C1=O. The number of amides is 3. The van der Waals surface area contributed by atoms with Crippen LogP contribution in [0, 0.1) is 0 Å². The Morgan fingerprint density at radius 1 is 1.38 bits per heavy atom. The molecule has 0 spiro atoms. The maximum atomic E-state index is 12.6. The number of halogens is 1. The number of carbonyl (C=O) groups excluding carboxylic acids is 3. The summed E-state index contributed by atoms with van der Waals surface area (Å²) in [5.41, 5.74) is 0.445. The first-order valence-corrected chi connectivity index (χ1v) is 8.10. The van der Waals surface area contributed by atoms with Gasteiger partial charge in [0.15, 0.2) is 0 Å². The largest absolute Gasteiger partial charge is 0.391 e. The number of hydrogen-bond acceptors (Lipinski definition) is 4. The van der Waals surface area contributed by atoms with Gasteiger partial charge in [0.2, 0.25) is 11.8 Å². The lowest BCUT2D eigenvalue weighted by molar-refractivity contribution is -0.155. The molecule has 1 aromatic carbocycles. The summed E-state index contributed by atoms with van der Waals surface area (Å²) in [5.74, 6) is -0.899. The van der Waals surface area contributed by atoms with Crippen LogP contribution in [-0.2, 0) is 9.59 Å². The molecule has 3 rings (SSSR count). The average molecular weight is 352 g/mol. The van der Waals surface area contributed by atoms with Gasteiger partial charge in [0.25, 0.3) is 5.91 Å². The Labute approximate surface area is 144 Å². The van der Waals surface area contributed by atoms with Crippen molar-refractivity contribution < 1.29 is 19.5 Å². The van der Waals surface area contributed by atoms with E-state index >= 15 is 0 Å². The summed E-state index contributed by atoms with van der Waals surface area (Å²) in [7, 11) is 0. The molecule has 0 aliphatic carbocycles. The highest BCUT2D eigenvalue weighted by atomic mass is 35.5. The average Bonchev–Trinajstić information content (AvgIpc) is 2.56. The minimum atomic E-state index is -0.964. The van der Waals surface area contributed by atoms with E-state index in [2.05, 4.69) is 5.32 Å². The Morgan fingerprint density at radius 3 is 2.79 bits per heavy atom. The van der Waals surface area contributed by atoms with Crippen molar-refractivity contribution in [1.29, 1.82) is 0 Å². The van der Waals surface area contributed by atoms with Crippen LogP contribution in [-0.4, -0.2) is 70.4 Å². The zero-order chi connectivity index (χ0) is 17.4. The number of hydrogen-bond donors (Lipinski definition) is 2. The van der Waals surface area contributed by atoms with Crippen LogP contribution in [0.2, 0.25) is 5.02 Å². The second-order valence-electron chi connectivity index (χ2n) is 6.04. The molecule has 8 heteroatoms. The van der Waals surface area contributed by atoms with Crippen LogP contribution in [0.3, 0.4) is 0 Å². The minimum Gasteiger partial charge on any atom is -0.391 e. The molecule has 0 saturated carbocycles. The molecule has 1 aromatic rings. The van der Waals surface area contributed by atoms with E-state index in [-0.39, 0.29) is 30.8 Å². The van der Waals surface area contributed by atoms with Gasteiger partial charge in [-0.25, -0.2) is 0 Å². The molecule has 2 saturated heterocycles. The molecular formula is C16H18ClN3O4. The van der Waals surface area contributed by atoms with Crippen molar-refractivity contribution >= 4 is 29.3 Å².